The first-order valence-corrected chi connectivity index (χ1v) is 9.60. The first-order valence-electron chi connectivity index (χ1n) is 9.60. The summed E-state index contributed by atoms with van der Waals surface area (Å²) in [5, 5.41) is 12.8. The fourth-order valence-electron chi connectivity index (χ4n) is 2.59. The van der Waals surface area contributed by atoms with E-state index in [-0.39, 0.29) is 13.4 Å². The van der Waals surface area contributed by atoms with Gasteiger partial charge < -0.3 is 24.3 Å². The van der Waals surface area contributed by atoms with Gasteiger partial charge in [-0.15, -0.1) is 0 Å². The van der Waals surface area contributed by atoms with E-state index in [4.69, 9.17) is 18.9 Å². The summed E-state index contributed by atoms with van der Waals surface area (Å²) in [5.41, 5.74) is 2.94. The number of ether oxygens (including phenoxy) is 4. The molecule has 1 aliphatic carbocycles. The highest BCUT2D eigenvalue weighted by Gasteiger charge is 2.12. The van der Waals surface area contributed by atoms with E-state index in [0.717, 1.165) is 63.9 Å². The molecule has 0 amide bonds. The summed E-state index contributed by atoms with van der Waals surface area (Å²) in [7, 11) is 1.71. The fraction of sp³-hybridized carbons (Fsp3) is 0.750. The van der Waals surface area contributed by atoms with Crippen molar-refractivity contribution in [3.8, 4) is 6.07 Å². The lowest BCUT2D eigenvalue weighted by molar-refractivity contribution is -0.0626. The van der Waals surface area contributed by atoms with Crippen LogP contribution in [0.25, 0.3) is 0 Å². The van der Waals surface area contributed by atoms with Crippen LogP contribution in [0.15, 0.2) is 22.9 Å². The van der Waals surface area contributed by atoms with Crippen LogP contribution in [-0.2, 0) is 18.9 Å². The van der Waals surface area contributed by atoms with Crippen LogP contribution in [0.3, 0.4) is 0 Å². The summed E-state index contributed by atoms with van der Waals surface area (Å²) < 4.78 is 21.3. The number of hydrogen-bond acceptors (Lipinski definition) is 6. The highest BCUT2D eigenvalue weighted by molar-refractivity contribution is 5.38. The van der Waals surface area contributed by atoms with Gasteiger partial charge in [-0.3, -0.25) is 0 Å². The molecule has 0 saturated heterocycles. The SMILES string of the molecule is CCCCOCCOCOC/C(C#N)=C1\C=C(NCCCOC)CCC1. The van der Waals surface area contributed by atoms with Crippen LogP contribution in [0, 0.1) is 11.3 Å². The van der Waals surface area contributed by atoms with Crippen molar-refractivity contribution in [3.05, 3.63) is 22.9 Å². The Morgan fingerprint density at radius 3 is 2.73 bits per heavy atom. The van der Waals surface area contributed by atoms with Crippen molar-refractivity contribution in [2.24, 2.45) is 0 Å². The normalized spacial score (nSPS) is 16.1. The van der Waals surface area contributed by atoms with Gasteiger partial charge in [0, 0.05) is 32.6 Å². The topological polar surface area (TPSA) is 72.7 Å². The number of nitrogens with one attached hydrogen (secondary N) is 1. The first-order chi connectivity index (χ1) is 12.8. The summed E-state index contributed by atoms with van der Waals surface area (Å²) in [4.78, 5) is 0. The number of nitrogens with zero attached hydrogens (tertiary/aromatic N) is 1. The lowest BCUT2D eigenvalue weighted by Crippen LogP contribution is -2.18. The van der Waals surface area contributed by atoms with E-state index in [1.54, 1.807) is 7.11 Å². The van der Waals surface area contributed by atoms with Crippen molar-refractivity contribution < 1.29 is 18.9 Å². The summed E-state index contributed by atoms with van der Waals surface area (Å²) in [6.45, 7) is 6.12. The molecule has 0 aliphatic heterocycles. The van der Waals surface area contributed by atoms with E-state index in [1.165, 1.54) is 5.70 Å². The largest absolute Gasteiger partial charge is 0.388 e. The zero-order valence-electron chi connectivity index (χ0n) is 16.3. The second kappa shape index (κ2) is 15.8. The smallest absolute Gasteiger partial charge is 0.147 e. The minimum Gasteiger partial charge on any atom is -0.388 e. The number of methoxy groups -OCH3 is 1. The van der Waals surface area contributed by atoms with Gasteiger partial charge in [-0.1, -0.05) is 13.3 Å². The molecule has 0 aromatic heterocycles. The third-order valence-electron chi connectivity index (χ3n) is 4.07. The molecule has 0 unspecified atom stereocenters. The quantitative estimate of drug-likeness (QED) is 0.272. The van der Waals surface area contributed by atoms with Crippen molar-refractivity contribution in [3.63, 3.8) is 0 Å². The Morgan fingerprint density at radius 1 is 1.12 bits per heavy atom. The average molecular weight is 367 g/mol. The molecular weight excluding hydrogens is 332 g/mol. The molecule has 148 valence electrons. The van der Waals surface area contributed by atoms with E-state index in [2.05, 4.69) is 24.4 Å². The van der Waals surface area contributed by atoms with Crippen LogP contribution in [0.4, 0.5) is 0 Å². The van der Waals surface area contributed by atoms with Crippen molar-refractivity contribution in [1.82, 2.24) is 5.32 Å². The van der Waals surface area contributed by atoms with Crippen molar-refractivity contribution >= 4 is 0 Å². The molecule has 0 aromatic rings. The summed E-state index contributed by atoms with van der Waals surface area (Å²) >= 11 is 0. The molecular formula is C20H34N2O4. The van der Waals surface area contributed by atoms with Gasteiger partial charge in [0.1, 0.15) is 6.79 Å². The Hall–Kier alpha value is -1.39. The third-order valence-corrected chi connectivity index (χ3v) is 4.07. The summed E-state index contributed by atoms with van der Waals surface area (Å²) in [5.74, 6) is 0. The van der Waals surface area contributed by atoms with Gasteiger partial charge in [0.05, 0.1) is 31.5 Å². The van der Waals surface area contributed by atoms with E-state index in [1.807, 2.05) is 0 Å². The number of nitriles is 1. The van der Waals surface area contributed by atoms with Gasteiger partial charge in [-0.2, -0.15) is 5.26 Å². The van der Waals surface area contributed by atoms with Gasteiger partial charge in [0.25, 0.3) is 0 Å². The third kappa shape index (κ3) is 10.6. The zero-order chi connectivity index (χ0) is 18.9. The molecule has 6 heteroatoms. The molecule has 0 fully saturated rings. The van der Waals surface area contributed by atoms with Crippen LogP contribution in [-0.4, -0.2) is 53.5 Å². The highest BCUT2D eigenvalue weighted by Crippen LogP contribution is 2.23. The van der Waals surface area contributed by atoms with Crippen LogP contribution >= 0.6 is 0 Å². The van der Waals surface area contributed by atoms with E-state index >= 15 is 0 Å². The minimum atomic E-state index is 0.182. The second-order valence-electron chi connectivity index (χ2n) is 6.25. The molecule has 0 spiro atoms. The molecule has 1 aliphatic rings. The minimum absolute atomic E-state index is 0.182. The highest BCUT2D eigenvalue weighted by atomic mass is 16.7. The van der Waals surface area contributed by atoms with Crippen LogP contribution in [0.2, 0.25) is 0 Å². The zero-order valence-corrected chi connectivity index (χ0v) is 16.3. The first kappa shape index (κ1) is 22.7. The number of allylic oxidation sites excluding steroid dienone is 3. The average Bonchev–Trinajstić information content (AvgIpc) is 2.67. The van der Waals surface area contributed by atoms with Gasteiger partial charge in [-0.05, 0) is 43.8 Å². The molecule has 6 nitrogen and oxygen atoms in total. The molecule has 0 radical (unpaired) electrons. The number of hydrogen-bond donors (Lipinski definition) is 1. The molecule has 0 bridgehead atoms. The van der Waals surface area contributed by atoms with Gasteiger partial charge in [0.2, 0.25) is 0 Å². The standard InChI is InChI=1S/C20H34N2O4/c1-3-4-11-24-12-13-25-17-26-16-19(15-21)18-7-5-8-20(14-18)22-9-6-10-23-2/h14,22H,3-13,16-17H2,1-2H3/b19-18-. The van der Waals surface area contributed by atoms with Gasteiger partial charge >= 0.3 is 0 Å². The predicted octanol–water partition coefficient (Wildman–Crippen LogP) is 3.31. The summed E-state index contributed by atoms with van der Waals surface area (Å²) in [6.07, 6.45) is 8.27. The van der Waals surface area contributed by atoms with Crippen molar-refractivity contribution in [2.45, 2.75) is 45.4 Å². The Kier molecular flexibility index (Phi) is 13.8. The summed E-state index contributed by atoms with van der Waals surface area (Å²) in [6, 6.07) is 2.28. The Balaban J connectivity index is 2.28. The Labute approximate surface area is 158 Å². The molecule has 1 N–H and O–H groups in total. The predicted molar refractivity (Wildman–Crippen MR) is 102 cm³/mol. The monoisotopic (exact) mass is 366 g/mol. The maximum atomic E-state index is 9.42. The maximum Gasteiger partial charge on any atom is 0.147 e. The fourth-order valence-corrected chi connectivity index (χ4v) is 2.59. The van der Waals surface area contributed by atoms with Crippen LogP contribution in [0.1, 0.15) is 45.4 Å². The number of rotatable bonds is 15. The molecule has 0 atom stereocenters. The molecule has 0 heterocycles. The van der Waals surface area contributed by atoms with E-state index < -0.39 is 0 Å². The molecule has 0 aromatic carbocycles. The molecule has 26 heavy (non-hydrogen) atoms. The Morgan fingerprint density at radius 2 is 1.96 bits per heavy atom. The van der Waals surface area contributed by atoms with Crippen LogP contribution < -0.4 is 5.32 Å². The lowest BCUT2D eigenvalue weighted by Gasteiger charge is -2.18. The molecule has 0 saturated carbocycles. The van der Waals surface area contributed by atoms with Crippen molar-refractivity contribution in [2.75, 3.05) is 53.5 Å². The van der Waals surface area contributed by atoms with E-state index in [0.29, 0.717) is 18.8 Å². The lowest BCUT2D eigenvalue weighted by atomic mass is 9.95. The van der Waals surface area contributed by atoms with Gasteiger partial charge in [0.15, 0.2) is 0 Å². The second-order valence-corrected chi connectivity index (χ2v) is 6.25. The molecule has 1 rings (SSSR count). The van der Waals surface area contributed by atoms with Crippen LogP contribution in [0.5, 0.6) is 0 Å². The number of unbranched alkanes of at least 4 members (excludes halogenated alkanes) is 1. The Bertz CT molecular complexity index is 469. The van der Waals surface area contributed by atoms with Crippen molar-refractivity contribution in [1.29, 1.82) is 5.26 Å². The van der Waals surface area contributed by atoms with Gasteiger partial charge in [-0.25, -0.2) is 0 Å². The maximum absolute atomic E-state index is 9.42. The van der Waals surface area contributed by atoms with E-state index in [9.17, 15) is 5.26 Å².